The predicted molar refractivity (Wildman–Crippen MR) is 57.0 cm³/mol. The Morgan fingerprint density at radius 1 is 1.18 bits per heavy atom. The van der Waals surface area contributed by atoms with Gasteiger partial charge in [0.25, 0.3) is 0 Å². The third-order valence-corrected chi connectivity index (χ3v) is 2.10. The molecule has 0 radical (unpaired) electrons. The lowest BCUT2D eigenvalue weighted by Gasteiger charge is -2.22. The maximum atomic E-state index is 13.3. The Hall–Kier alpha value is -1.07. The average Bonchev–Trinajstić information content (AvgIpc) is 2.22. The van der Waals surface area contributed by atoms with Gasteiger partial charge in [0.05, 0.1) is 12.2 Å². The summed E-state index contributed by atoms with van der Waals surface area (Å²) in [6.07, 6.45) is -1.33. The Balaban J connectivity index is 2.83. The highest BCUT2D eigenvalue weighted by Crippen LogP contribution is 2.22. The fourth-order valence-corrected chi connectivity index (χ4v) is 1.22. The molecule has 0 aromatic heterocycles. The average molecular weight is 248 g/mol. The zero-order valence-corrected chi connectivity index (χ0v) is 9.93. The van der Waals surface area contributed by atoms with E-state index < -0.39 is 29.2 Å². The smallest absolute Gasteiger partial charge is 0.194 e. The summed E-state index contributed by atoms with van der Waals surface area (Å²) in [5.74, 6) is -4.25. The van der Waals surface area contributed by atoms with E-state index in [9.17, 15) is 18.3 Å². The molecule has 0 saturated heterocycles. The van der Waals surface area contributed by atoms with Gasteiger partial charge in [-0.3, -0.25) is 0 Å². The maximum absolute atomic E-state index is 13.3. The summed E-state index contributed by atoms with van der Waals surface area (Å²) in [7, 11) is 0. The van der Waals surface area contributed by atoms with Gasteiger partial charge in [0.1, 0.15) is 6.10 Å². The monoisotopic (exact) mass is 248 g/mol. The molecule has 1 N–H and O–H groups in total. The summed E-state index contributed by atoms with van der Waals surface area (Å²) in [5.41, 5.74) is -0.816. The molecule has 5 heteroatoms. The van der Waals surface area contributed by atoms with Crippen LogP contribution < -0.4 is 0 Å². The molecule has 1 aromatic carbocycles. The SMILES string of the molecule is CC(C)(C)OCC(O)c1ccc(F)c(F)c1F. The quantitative estimate of drug-likeness (QED) is 0.833. The van der Waals surface area contributed by atoms with Crippen LogP contribution in [0.5, 0.6) is 0 Å². The van der Waals surface area contributed by atoms with E-state index in [4.69, 9.17) is 4.74 Å². The molecule has 17 heavy (non-hydrogen) atoms. The molecule has 0 aliphatic carbocycles. The molecule has 0 amide bonds. The van der Waals surface area contributed by atoms with Crippen LogP contribution >= 0.6 is 0 Å². The number of halogens is 3. The van der Waals surface area contributed by atoms with E-state index in [0.29, 0.717) is 0 Å². The Kier molecular flexibility index (Phi) is 4.16. The molecule has 0 spiro atoms. The van der Waals surface area contributed by atoms with Crippen LogP contribution in [-0.2, 0) is 4.74 Å². The van der Waals surface area contributed by atoms with Gasteiger partial charge in [0.2, 0.25) is 0 Å². The number of benzene rings is 1. The molecule has 1 aromatic rings. The van der Waals surface area contributed by atoms with Gasteiger partial charge < -0.3 is 9.84 Å². The third-order valence-electron chi connectivity index (χ3n) is 2.10. The van der Waals surface area contributed by atoms with Crippen LogP contribution in [-0.4, -0.2) is 17.3 Å². The molecule has 2 nitrogen and oxygen atoms in total. The van der Waals surface area contributed by atoms with Crippen LogP contribution in [0.25, 0.3) is 0 Å². The molecule has 0 fully saturated rings. The zero-order valence-electron chi connectivity index (χ0n) is 9.93. The Morgan fingerprint density at radius 2 is 1.76 bits per heavy atom. The fraction of sp³-hybridized carbons (Fsp3) is 0.500. The summed E-state index contributed by atoms with van der Waals surface area (Å²) in [6, 6.07) is 1.78. The van der Waals surface area contributed by atoms with E-state index in [-0.39, 0.29) is 12.2 Å². The Labute approximate surface area is 98.0 Å². The van der Waals surface area contributed by atoms with Crippen LogP contribution in [0.15, 0.2) is 12.1 Å². The van der Waals surface area contributed by atoms with Gasteiger partial charge in [-0.1, -0.05) is 6.07 Å². The Bertz CT molecular complexity index is 399. The second-order valence-electron chi connectivity index (χ2n) is 4.70. The second kappa shape index (κ2) is 5.06. The second-order valence-corrected chi connectivity index (χ2v) is 4.70. The minimum Gasteiger partial charge on any atom is -0.386 e. The molecular weight excluding hydrogens is 233 g/mol. The van der Waals surface area contributed by atoms with Crippen LogP contribution in [0, 0.1) is 17.5 Å². The lowest BCUT2D eigenvalue weighted by molar-refractivity contribution is -0.0505. The largest absolute Gasteiger partial charge is 0.386 e. The van der Waals surface area contributed by atoms with Gasteiger partial charge in [-0.2, -0.15) is 0 Å². The van der Waals surface area contributed by atoms with E-state index in [0.717, 1.165) is 12.1 Å². The van der Waals surface area contributed by atoms with Crippen molar-refractivity contribution in [3.8, 4) is 0 Å². The minimum atomic E-state index is -1.59. The van der Waals surface area contributed by atoms with Gasteiger partial charge in [-0.15, -0.1) is 0 Å². The van der Waals surface area contributed by atoms with Crippen LogP contribution in [0.4, 0.5) is 13.2 Å². The summed E-state index contributed by atoms with van der Waals surface area (Å²) in [5, 5.41) is 9.63. The third kappa shape index (κ3) is 3.71. The summed E-state index contributed by atoms with van der Waals surface area (Å²) in [6.45, 7) is 5.11. The molecule has 0 saturated carbocycles. The zero-order chi connectivity index (χ0) is 13.2. The van der Waals surface area contributed by atoms with E-state index in [1.54, 1.807) is 20.8 Å². The van der Waals surface area contributed by atoms with Crippen molar-refractivity contribution in [1.29, 1.82) is 0 Å². The fourth-order valence-electron chi connectivity index (χ4n) is 1.22. The molecule has 96 valence electrons. The van der Waals surface area contributed by atoms with Crippen molar-refractivity contribution in [2.24, 2.45) is 0 Å². The summed E-state index contributed by atoms with van der Waals surface area (Å²) < 4.78 is 44.1. The lowest BCUT2D eigenvalue weighted by atomic mass is 10.1. The van der Waals surface area contributed by atoms with Crippen LogP contribution in [0.1, 0.15) is 32.4 Å². The van der Waals surface area contributed by atoms with E-state index in [2.05, 4.69) is 0 Å². The highest BCUT2D eigenvalue weighted by Gasteiger charge is 2.21. The van der Waals surface area contributed by atoms with Crippen molar-refractivity contribution < 1.29 is 23.0 Å². The lowest BCUT2D eigenvalue weighted by Crippen LogP contribution is -2.23. The number of aliphatic hydroxyl groups is 1. The Morgan fingerprint density at radius 3 is 2.29 bits per heavy atom. The van der Waals surface area contributed by atoms with Gasteiger partial charge in [-0.25, -0.2) is 13.2 Å². The van der Waals surface area contributed by atoms with Crippen molar-refractivity contribution >= 4 is 0 Å². The first-order chi connectivity index (χ1) is 7.72. The molecule has 1 unspecified atom stereocenters. The molecular formula is C12H15F3O2. The van der Waals surface area contributed by atoms with Crippen LogP contribution in [0.2, 0.25) is 0 Å². The van der Waals surface area contributed by atoms with Crippen LogP contribution in [0.3, 0.4) is 0 Å². The number of hydrogen-bond acceptors (Lipinski definition) is 2. The molecule has 0 aliphatic rings. The standard InChI is InChI=1S/C12H15F3O2/c1-12(2,3)17-6-9(16)7-4-5-8(13)11(15)10(7)14/h4-5,9,16H,6H2,1-3H3. The van der Waals surface area contributed by atoms with Gasteiger partial charge in [0, 0.05) is 5.56 Å². The van der Waals surface area contributed by atoms with Crippen molar-refractivity contribution in [1.82, 2.24) is 0 Å². The first-order valence-electron chi connectivity index (χ1n) is 5.18. The minimum absolute atomic E-state index is 0.189. The topological polar surface area (TPSA) is 29.5 Å². The first-order valence-corrected chi connectivity index (χ1v) is 5.18. The van der Waals surface area contributed by atoms with Gasteiger partial charge >= 0.3 is 0 Å². The van der Waals surface area contributed by atoms with Crippen molar-refractivity contribution in [3.05, 3.63) is 35.1 Å². The normalized spacial score (nSPS) is 13.8. The predicted octanol–water partition coefficient (Wildman–Crippen LogP) is 2.95. The highest BCUT2D eigenvalue weighted by atomic mass is 19.2. The van der Waals surface area contributed by atoms with E-state index in [1.165, 1.54) is 0 Å². The van der Waals surface area contributed by atoms with Gasteiger partial charge in [-0.05, 0) is 26.8 Å². The first kappa shape index (κ1) is 14.0. The van der Waals surface area contributed by atoms with Crippen molar-refractivity contribution in [2.45, 2.75) is 32.5 Å². The maximum Gasteiger partial charge on any atom is 0.194 e. The molecule has 0 heterocycles. The van der Waals surface area contributed by atoms with E-state index in [1.807, 2.05) is 0 Å². The number of ether oxygens (including phenoxy) is 1. The molecule has 0 aliphatic heterocycles. The van der Waals surface area contributed by atoms with Crippen molar-refractivity contribution in [2.75, 3.05) is 6.61 Å². The highest BCUT2D eigenvalue weighted by molar-refractivity contribution is 5.22. The number of hydrogen-bond donors (Lipinski definition) is 1. The number of rotatable bonds is 3. The molecule has 0 bridgehead atoms. The molecule has 1 rings (SSSR count). The summed E-state index contributed by atoms with van der Waals surface area (Å²) >= 11 is 0. The van der Waals surface area contributed by atoms with E-state index >= 15 is 0 Å². The molecule has 1 atom stereocenters. The van der Waals surface area contributed by atoms with Crippen molar-refractivity contribution in [3.63, 3.8) is 0 Å². The number of aliphatic hydroxyl groups excluding tert-OH is 1. The van der Waals surface area contributed by atoms with Gasteiger partial charge in [0.15, 0.2) is 17.5 Å². The summed E-state index contributed by atoms with van der Waals surface area (Å²) in [4.78, 5) is 0.